The van der Waals surface area contributed by atoms with Crippen molar-refractivity contribution in [1.82, 2.24) is 9.80 Å². The van der Waals surface area contributed by atoms with Gasteiger partial charge in [0.05, 0.1) is 0 Å². The first-order valence-corrected chi connectivity index (χ1v) is 9.66. The Kier molecular flexibility index (Phi) is 13.8. The van der Waals surface area contributed by atoms with E-state index in [1.807, 2.05) is 27.7 Å². The van der Waals surface area contributed by atoms with Gasteiger partial charge in [-0.3, -0.25) is 9.80 Å². The molecular weight excluding hydrogens is 308 g/mol. The summed E-state index contributed by atoms with van der Waals surface area (Å²) in [6.45, 7) is 8.80. The molecule has 0 radical (unpaired) electrons. The third-order valence-electron chi connectivity index (χ3n) is 4.34. The molecule has 0 rings (SSSR count). The summed E-state index contributed by atoms with van der Waals surface area (Å²) in [6, 6.07) is 0. The largest absolute Gasteiger partial charge is 0.378 e. The summed E-state index contributed by atoms with van der Waals surface area (Å²) in [5.74, 6) is 0. The van der Waals surface area contributed by atoms with Gasteiger partial charge in [0.25, 0.3) is 0 Å². The van der Waals surface area contributed by atoms with Gasteiger partial charge < -0.3 is 20.4 Å². The molecule has 0 aromatic carbocycles. The number of aliphatic hydroxyl groups is 4. The summed E-state index contributed by atoms with van der Waals surface area (Å²) in [6.07, 6.45) is 2.88. The molecular formula is C18H40N2O4. The van der Waals surface area contributed by atoms with E-state index >= 15 is 0 Å². The lowest BCUT2D eigenvalue weighted by molar-refractivity contribution is -0.139. The Hall–Kier alpha value is -0.240. The molecule has 0 aliphatic heterocycles. The van der Waals surface area contributed by atoms with E-state index in [9.17, 15) is 20.4 Å². The molecule has 4 unspecified atom stereocenters. The first-order valence-electron chi connectivity index (χ1n) is 9.66. The maximum absolute atomic E-state index is 10.3. The van der Waals surface area contributed by atoms with Crippen molar-refractivity contribution in [2.45, 2.75) is 104 Å². The van der Waals surface area contributed by atoms with Gasteiger partial charge in [-0.2, -0.15) is 0 Å². The highest BCUT2D eigenvalue weighted by Gasteiger charge is 2.26. The van der Waals surface area contributed by atoms with Gasteiger partial charge >= 0.3 is 0 Å². The first kappa shape index (κ1) is 23.8. The van der Waals surface area contributed by atoms with Gasteiger partial charge in [0.2, 0.25) is 0 Å². The van der Waals surface area contributed by atoms with Crippen molar-refractivity contribution in [3.05, 3.63) is 0 Å². The Morgan fingerprint density at radius 2 is 0.708 bits per heavy atom. The van der Waals surface area contributed by atoms with E-state index in [1.165, 1.54) is 0 Å². The zero-order valence-electron chi connectivity index (χ0n) is 16.1. The highest BCUT2D eigenvalue weighted by molar-refractivity contribution is 4.72. The van der Waals surface area contributed by atoms with Gasteiger partial charge in [-0.25, -0.2) is 0 Å². The fraction of sp³-hybridized carbons (Fsp3) is 1.00. The van der Waals surface area contributed by atoms with Crippen LogP contribution in [0.25, 0.3) is 0 Å². The van der Waals surface area contributed by atoms with Crippen LogP contribution in [0, 0.1) is 0 Å². The first-order chi connectivity index (χ1) is 11.4. The number of aliphatic hydroxyl groups excluding tert-OH is 4. The fourth-order valence-electron chi connectivity index (χ4n) is 2.92. The van der Waals surface area contributed by atoms with Crippen LogP contribution in [0.4, 0.5) is 0 Å². The van der Waals surface area contributed by atoms with Crippen LogP contribution >= 0.6 is 0 Å². The van der Waals surface area contributed by atoms with Crippen LogP contribution in [0.2, 0.25) is 0 Å². The quantitative estimate of drug-likeness (QED) is 0.339. The van der Waals surface area contributed by atoms with Crippen molar-refractivity contribution in [2.24, 2.45) is 0 Å². The van der Waals surface area contributed by atoms with Crippen LogP contribution in [-0.2, 0) is 0 Å². The fourth-order valence-corrected chi connectivity index (χ4v) is 2.92. The Bertz CT molecular complexity index is 242. The molecule has 4 atom stereocenters. The predicted molar refractivity (Wildman–Crippen MR) is 97.1 cm³/mol. The molecule has 4 N–H and O–H groups in total. The van der Waals surface area contributed by atoms with E-state index in [0.717, 1.165) is 25.7 Å². The van der Waals surface area contributed by atoms with Crippen LogP contribution in [0.1, 0.15) is 79.1 Å². The molecule has 0 spiro atoms. The topological polar surface area (TPSA) is 87.4 Å². The molecule has 0 saturated heterocycles. The van der Waals surface area contributed by atoms with Gasteiger partial charge in [-0.05, 0) is 25.7 Å². The zero-order valence-corrected chi connectivity index (χ0v) is 16.1. The van der Waals surface area contributed by atoms with E-state index < -0.39 is 24.9 Å². The lowest BCUT2D eigenvalue weighted by Gasteiger charge is -2.37. The van der Waals surface area contributed by atoms with Crippen molar-refractivity contribution >= 4 is 0 Å². The van der Waals surface area contributed by atoms with Gasteiger partial charge in [0.1, 0.15) is 24.9 Å². The van der Waals surface area contributed by atoms with Crippen molar-refractivity contribution in [3.63, 3.8) is 0 Å². The van der Waals surface area contributed by atoms with Crippen molar-refractivity contribution in [3.8, 4) is 0 Å². The van der Waals surface area contributed by atoms with Crippen molar-refractivity contribution < 1.29 is 20.4 Å². The SMILES string of the molecule is CCCC(O)N(CCN(C(O)CCC)C(O)CCC)C(O)CCC. The summed E-state index contributed by atoms with van der Waals surface area (Å²) >= 11 is 0. The van der Waals surface area contributed by atoms with Crippen LogP contribution in [0.15, 0.2) is 0 Å². The highest BCUT2D eigenvalue weighted by Crippen LogP contribution is 2.15. The summed E-state index contributed by atoms with van der Waals surface area (Å²) in [5.41, 5.74) is 0. The molecule has 0 bridgehead atoms. The molecule has 0 saturated carbocycles. The lowest BCUT2D eigenvalue weighted by atomic mass is 10.2. The smallest absolute Gasteiger partial charge is 0.109 e. The Morgan fingerprint density at radius 1 is 0.500 bits per heavy atom. The molecule has 6 heteroatoms. The second kappa shape index (κ2) is 14.0. The maximum atomic E-state index is 10.3. The summed E-state index contributed by atoms with van der Waals surface area (Å²) in [5, 5.41) is 41.3. The predicted octanol–water partition coefficient (Wildman–Crippen LogP) is 2.06. The number of hydrogen-bond acceptors (Lipinski definition) is 6. The Balaban J connectivity index is 4.92. The monoisotopic (exact) mass is 348 g/mol. The second-order valence-electron chi connectivity index (χ2n) is 6.55. The molecule has 0 amide bonds. The van der Waals surface area contributed by atoms with Crippen molar-refractivity contribution in [1.29, 1.82) is 0 Å². The van der Waals surface area contributed by atoms with E-state index in [1.54, 1.807) is 9.80 Å². The Morgan fingerprint density at radius 3 is 0.875 bits per heavy atom. The van der Waals surface area contributed by atoms with Crippen molar-refractivity contribution in [2.75, 3.05) is 13.1 Å². The standard InChI is InChI=1S/C18H40N2O4/c1-5-9-15(21)19(16(22)10-6-2)13-14-20(17(23)11-7-3)18(24)12-8-4/h15-18,21-24H,5-14H2,1-4H3. The minimum absolute atomic E-state index is 0.407. The molecule has 6 nitrogen and oxygen atoms in total. The normalized spacial score (nSPS) is 17.2. The van der Waals surface area contributed by atoms with E-state index in [-0.39, 0.29) is 0 Å². The number of rotatable bonds is 15. The van der Waals surface area contributed by atoms with Gasteiger partial charge in [-0.15, -0.1) is 0 Å². The summed E-state index contributed by atoms with van der Waals surface area (Å²) in [4.78, 5) is 3.36. The molecule has 0 heterocycles. The molecule has 0 fully saturated rings. The maximum Gasteiger partial charge on any atom is 0.109 e. The summed E-state index contributed by atoms with van der Waals surface area (Å²) in [7, 11) is 0. The minimum Gasteiger partial charge on any atom is -0.378 e. The average molecular weight is 349 g/mol. The number of hydrogen-bond donors (Lipinski definition) is 4. The molecule has 0 aliphatic carbocycles. The van der Waals surface area contributed by atoms with E-state index in [4.69, 9.17) is 0 Å². The third kappa shape index (κ3) is 8.74. The lowest BCUT2D eigenvalue weighted by Crippen LogP contribution is -2.51. The molecule has 0 aromatic rings. The van der Waals surface area contributed by atoms with Crippen LogP contribution in [0.3, 0.4) is 0 Å². The van der Waals surface area contributed by atoms with Gasteiger partial charge in [0, 0.05) is 13.1 Å². The molecule has 146 valence electrons. The van der Waals surface area contributed by atoms with Crippen LogP contribution in [0.5, 0.6) is 0 Å². The second-order valence-corrected chi connectivity index (χ2v) is 6.55. The zero-order chi connectivity index (χ0) is 18.5. The minimum atomic E-state index is -0.704. The van der Waals surface area contributed by atoms with Gasteiger partial charge in [-0.1, -0.05) is 53.4 Å². The highest BCUT2D eigenvalue weighted by atomic mass is 16.3. The van der Waals surface area contributed by atoms with Crippen LogP contribution in [-0.4, -0.2) is 68.2 Å². The van der Waals surface area contributed by atoms with E-state index in [0.29, 0.717) is 38.8 Å². The summed E-state index contributed by atoms with van der Waals surface area (Å²) < 4.78 is 0. The average Bonchev–Trinajstić information content (AvgIpc) is 2.52. The molecule has 24 heavy (non-hydrogen) atoms. The third-order valence-corrected chi connectivity index (χ3v) is 4.34. The van der Waals surface area contributed by atoms with Gasteiger partial charge in [0.15, 0.2) is 0 Å². The van der Waals surface area contributed by atoms with E-state index in [2.05, 4.69) is 0 Å². The molecule has 0 aromatic heterocycles. The number of nitrogens with zero attached hydrogens (tertiary/aromatic N) is 2. The Labute approximate surface area is 148 Å². The van der Waals surface area contributed by atoms with Crippen LogP contribution < -0.4 is 0 Å². The molecule has 0 aliphatic rings.